The number of carbonyl (C=O) groups is 1. The summed E-state index contributed by atoms with van der Waals surface area (Å²) in [5.41, 5.74) is 5.16. The lowest BCUT2D eigenvalue weighted by atomic mass is 9.97. The molecule has 0 heterocycles. The molecular formula is C19H20O2. The molecule has 0 amide bonds. The minimum Gasteiger partial charge on any atom is -0.457 e. The minimum atomic E-state index is -0.351. The molecule has 2 aromatic carbocycles. The highest BCUT2D eigenvalue weighted by atomic mass is 16.5. The topological polar surface area (TPSA) is 26.3 Å². The maximum absolute atomic E-state index is 11.4. The number of carbonyl (C=O) groups excluding carboxylic acids is 1. The van der Waals surface area contributed by atoms with Crippen molar-refractivity contribution in [2.45, 2.75) is 26.9 Å². The second-order valence-electron chi connectivity index (χ2n) is 5.06. The summed E-state index contributed by atoms with van der Waals surface area (Å²) in [6.07, 6.45) is 1.01. The summed E-state index contributed by atoms with van der Waals surface area (Å²) >= 11 is 0. The third kappa shape index (κ3) is 3.82. The second-order valence-corrected chi connectivity index (χ2v) is 5.06. The quantitative estimate of drug-likeness (QED) is 0.594. The third-order valence-corrected chi connectivity index (χ3v) is 3.38. The highest BCUT2D eigenvalue weighted by molar-refractivity contribution is 5.86. The van der Waals surface area contributed by atoms with Gasteiger partial charge >= 0.3 is 5.97 Å². The van der Waals surface area contributed by atoms with E-state index in [0.29, 0.717) is 5.57 Å². The van der Waals surface area contributed by atoms with Crippen molar-refractivity contribution in [2.75, 3.05) is 0 Å². The van der Waals surface area contributed by atoms with Crippen molar-refractivity contribution in [2.24, 2.45) is 0 Å². The van der Waals surface area contributed by atoms with Gasteiger partial charge in [-0.3, -0.25) is 0 Å². The van der Waals surface area contributed by atoms with Crippen molar-refractivity contribution < 1.29 is 9.53 Å². The van der Waals surface area contributed by atoms with Crippen LogP contribution in [0.1, 0.15) is 25.0 Å². The molecule has 2 aromatic rings. The number of aryl methyl sites for hydroxylation is 1. The number of benzene rings is 2. The number of rotatable bonds is 5. The summed E-state index contributed by atoms with van der Waals surface area (Å²) in [5, 5.41) is 0. The Labute approximate surface area is 126 Å². The van der Waals surface area contributed by atoms with Crippen LogP contribution in [0.15, 0.2) is 60.7 Å². The Hall–Kier alpha value is -2.35. The van der Waals surface area contributed by atoms with E-state index < -0.39 is 0 Å². The standard InChI is InChI=1S/C19H20O2/c1-4-16-7-5-6-8-18(16)17-11-9-15(10-12-17)13-21-19(20)14(2)3/h5-12H,2,4,13H2,1,3H3. The normalized spacial score (nSPS) is 10.2. The second kappa shape index (κ2) is 6.89. The van der Waals surface area contributed by atoms with Gasteiger partial charge in [-0.1, -0.05) is 62.0 Å². The monoisotopic (exact) mass is 280 g/mol. The molecule has 2 nitrogen and oxygen atoms in total. The molecule has 2 heteroatoms. The molecule has 0 bridgehead atoms. The van der Waals surface area contributed by atoms with Crippen LogP contribution in [0, 0.1) is 0 Å². The van der Waals surface area contributed by atoms with Gasteiger partial charge in [0, 0.05) is 5.57 Å². The number of esters is 1. The van der Waals surface area contributed by atoms with Gasteiger partial charge in [-0.15, -0.1) is 0 Å². The zero-order valence-electron chi connectivity index (χ0n) is 12.6. The Morgan fingerprint density at radius 2 is 1.76 bits per heavy atom. The first-order valence-electron chi connectivity index (χ1n) is 7.11. The molecule has 0 aliphatic rings. The number of hydrogen-bond donors (Lipinski definition) is 0. The molecule has 0 spiro atoms. The van der Waals surface area contributed by atoms with Crippen LogP contribution in [0.2, 0.25) is 0 Å². The number of ether oxygens (including phenoxy) is 1. The van der Waals surface area contributed by atoms with Crippen LogP contribution in [0.5, 0.6) is 0 Å². The fraction of sp³-hybridized carbons (Fsp3) is 0.211. The minimum absolute atomic E-state index is 0.279. The molecule has 0 N–H and O–H groups in total. The summed E-state index contributed by atoms with van der Waals surface area (Å²) in [6.45, 7) is 7.65. The molecule has 0 aromatic heterocycles. The average molecular weight is 280 g/mol. The lowest BCUT2D eigenvalue weighted by Crippen LogP contribution is -2.04. The zero-order chi connectivity index (χ0) is 15.2. The van der Waals surface area contributed by atoms with Gasteiger partial charge in [0.2, 0.25) is 0 Å². The van der Waals surface area contributed by atoms with E-state index in [0.717, 1.165) is 12.0 Å². The van der Waals surface area contributed by atoms with E-state index in [1.54, 1.807) is 6.92 Å². The number of hydrogen-bond acceptors (Lipinski definition) is 2. The summed E-state index contributed by atoms with van der Waals surface area (Å²) < 4.78 is 5.14. The van der Waals surface area contributed by atoms with Crippen LogP contribution in [0.4, 0.5) is 0 Å². The smallest absolute Gasteiger partial charge is 0.333 e. The summed E-state index contributed by atoms with van der Waals surface area (Å²) in [7, 11) is 0. The summed E-state index contributed by atoms with van der Waals surface area (Å²) in [6, 6.07) is 16.5. The molecule has 0 atom stereocenters. The van der Waals surface area contributed by atoms with E-state index in [1.807, 2.05) is 12.1 Å². The van der Waals surface area contributed by atoms with Crippen molar-refractivity contribution in [1.29, 1.82) is 0 Å². The van der Waals surface area contributed by atoms with Crippen molar-refractivity contribution in [3.05, 3.63) is 71.8 Å². The molecular weight excluding hydrogens is 260 g/mol. The van der Waals surface area contributed by atoms with E-state index in [4.69, 9.17) is 4.74 Å². The Bertz CT molecular complexity index is 639. The fourth-order valence-corrected chi connectivity index (χ4v) is 2.16. The first-order valence-corrected chi connectivity index (χ1v) is 7.11. The van der Waals surface area contributed by atoms with Crippen molar-refractivity contribution >= 4 is 5.97 Å². The van der Waals surface area contributed by atoms with Crippen LogP contribution >= 0.6 is 0 Å². The first kappa shape index (κ1) is 15.0. The maximum atomic E-state index is 11.4. The van der Waals surface area contributed by atoms with Crippen LogP contribution in [-0.2, 0) is 22.6 Å². The van der Waals surface area contributed by atoms with Gasteiger partial charge in [-0.05, 0) is 35.6 Å². The third-order valence-electron chi connectivity index (χ3n) is 3.38. The summed E-state index contributed by atoms with van der Waals surface area (Å²) in [5.74, 6) is -0.351. The van der Waals surface area contributed by atoms with Gasteiger partial charge < -0.3 is 4.74 Å². The summed E-state index contributed by atoms with van der Waals surface area (Å²) in [4.78, 5) is 11.4. The van der Waals surface area contributed by atoms with Crippen LogP contribution < -0.4 is 0 Å². The fourth-order valence-electron chi connectivity index (χ4n) is 2.16. The van der Waals surface area contributed by atoms with Crippen molar-refractivity contribution in [3.63, 3.8) is 0 Å². The molecule has 0 saturated heterocycles. The Kier molecular flexibility index (Phi) is 4.94. The van der Waals surface area contributed by atoms with Crippen LogP contribution in [0.25, 0.3) is 11.1 Å². The lowest BCUT2D eigenvalue weighted by Gasteiger charge is -2.09. The van der Waals surface area contributed by atoms with E-state index >= 15 is 0 Å². The van der Waals surface area contributed by atoms with Gasteiger partial charge in [-0.2, -0.15) is 0 Å². The van der Waals surface area contributed by atoms with Crippen LogP contribution in [-0.4, -0.2) is 5.97 Å². The van der Waals surface area contributed by atoms with Crippen LogP contribution in [0.3, 0.4) is 0 Å². The molecule has 0 aliphatic carbocycles. The lowest BCUT2D eigenvalue weighted by molar-refractivity contribution is -0.140. The maximum Gasteiger partial charge on any atom is 0.333 e. The van der Waals surface area contributed by atoms with Gasteiger partial charge in [0.05, 0.1) is 0 Å². The van der Waals surface area contributed by atoms with E-state index in [1.165, 1.54) is 16.7 Å². The largest absolute Gasteiger partial charge is 0.457 e. The highest BCUT2D eigenvalue weighted by Crippen LogP contribution is 2.24. The van der Waals surface area contributed by atoms with Gasteiger partial charge in [0.1, 0.15) is 6.61 Å². The van der Waals surface area contributed by atoms with Gasteiger partial charge in [0.25, 0.3) is 0 Å². The van der Waals surface area contributed by atoms with Gasteiger partial charge in [-0.25, -0.2) is 4.79 Å². The predicted molar refractivity (Wildman–Crippen MR) is 85.9 cm³/mol. The molecule has 21 heavy (non-hydrogen) atoms. The molecule has 0 aliphatic heterocycles. The molecule has 0 fully saturated rings. The van der Waals surface area contributed by atoms with Gasteiger partial charge in [0.15, 0.2) is 0 Å². The van der Waals surface area contributed by atoms with Crippen molar-refractivity contribution in [3.8, 4) is 11.1 Å². The van der Waals surface area contributed by atoms with Crippen molar-refractivity contribution in [1.82, 2.24) is 0 Å². The molecule has 108 valence electrons. The zero-order valence-corrected chi connectivity index (χ0v) is 12.6. The predicted octanol–water partition coefficient (Wildman–Crippen LogP) is 4.54. The molecule has 0 radical (unpaired) electrons. The van der Waals surface area contributed by atoms with E-state index in [2.05, 4.69) is 49.9 Å². The molecule has 0 unspecified atom stereocenters. The van der Waals surface area contributed by atoms with E-state index in [9.17, 15) is 4.79 Å². The highest BCUT2D eigenvalue weighted by Gasteiger charge is 2.05. The Morgan fingerprint density at radius 1 is 1.10 bits per heavy atom. The first-order chi connectivity index (χ1) is 10.1. The average Bonchev–Trinajstić information content (AvgIpc) is 2.53. The molecule has 0 saturated carbocycles. The Morgan fingerprint density at radius 3 is 2.38 bits per heavy atom. The Balaban J connectivity index is 2.12. The van der Waals surface area contributed by atoms with E-state index in [-0.39, 0.29) is 12.6 Å². The molecule has 2 rings (SSSR count). The SMILES string of the molecule is C=C(C)C(=O)OCc1ccc(-c2ccccc2CC)cc1.